The van der Waals surface area contributed by atoms with Gasteiger partial charge in [0.05, 0.1) is 41.7 Å². The van der Waals surface area contributed by atoms with E-state index in [0.29, 0.717) is 42.4 Å². The summed E-state index contributed by atoms with van der Waals surface area (Å²) in [5.74, 6) is -1.30. The van der Waals surface area contributed by atoms with Crippen LogP contribution in [0.4, 0.5) is 0 Å². The van der Waals surface area contributed by atoms with Gasteiger partial charge in [-0.1, -0.05) is 0 Å². The maximum absolute atomic E-state index is 13.7. The SMILES string of the molecule is CC(C(=O)C1=C(c2ccco2)N(CCCCC(N)C(=O)O)/C(=C\c2ccco2)C1=O)c1ccco1. The van der Waals surface area contributed by atoms with Crippen LogP contribution >= 0.6 is 0 Å². The number of unbranched alkanes of at least 4 members (excludes halogenated alkanes) is 1. The molecular formula is C26H26N2O7. The summed E-state index contributed by atoms with van der Waals surface area (Å²) < 4.78 is 16.5. The van der Waals surface area contributed by atoms with Crippen LogP contribution in [0.5, 0.6) is 0 Å². The number of allylic oxidation sites excluding steroid dienone is 1. The lowest BCUT2D eigenvalue weighted by Crippen LogP contribution is -2.30. The molecule has 0 saturated heterocycles. The molecule has 0 fully saturated rings. The Kier molecular flexibility index (Phi) is 7.17. The molecule has 0 aliphatic carbocycles. The third-order valence-corrected chi connectivity index (χ3v) is 5.91. The molecular weight excluding hydrogens is 452 g/mol. The first-order valence-corrected chi connectivity index (χ1v) is 11.3. The standard InChI is InChI=1S/C26H26N2O7/c1-16(20-9-5-13-34-20)24(29)22-23(21-10-6-14-35-21)28(11-3-2-8-18(27)26(31)32)19(25(22)30)15-17-7-4-12-33-17/h4-7,9-10,12-16,18H,2-3,8,11,27H2,1H3,(H,31,32)/b19-15-. The number of nitrogens with zero attached hydrogens (tertiary/aromatic N) is 1. The Morgan fingerprint density at radius 1 is 1.06 bits per heavy atom. The Bertz CT molecular complexity index is 1230. The molecule has 0 bridgehead atoms. The summed E-state index contributed by atoms with van der Waals surface area (Å²) in [5.41, 5.74) is 6.26. The fourth-order valence-corrected chi connectivity index (χ4v) is 4.04. The molecule has 2 unspecified atom stereocenters. The number of furan rings is 3. The Morgan fingerprint density at radius 3 is 2.40 bits per heavy atom. The summed E-state index contributed by atoms with van der Waals surface area (Å²) in [4.78, 5) is 40.1. The van der Waals surface area contributed by atoms with Gasteiger partial charge in [-0.3, -0.25) is 14.4 Å². The summed E-state index contributed by atoms with van der Waals surface area (Å²) in [5, 5.41) is 9.04. The number of carboxylic acid groups (broad SMARTS) is 1. The van der Waals surface area contributed by atoms with Gasteiger partial charge >= 0.3 is 5.97 Å². The number of ketones is 2. The van der Waals surface area contributed by atoms with Crippen LogP contribution in [0, 0.1) is 0 Å². The van der Waals surface area contributed by atoms with Gasteiger partial charge in [-0.15, -0.1) is 0 Å². The predicted octanol–water partition coefficient (Wildman–Crippen LogP) is 4.06. The molecule has 0 saturated carbocycles. The fraction of sp³-hybridized carbons (Fsp3) is 0.269. The Balaban J connectivity index is 1.72. The Labute approximate surface area is 201 Å². The number of carbonyl (C=O) groups is 3. The zero-order chi connectivity index (χ0) is 24.9. The van der Waals surface area contributed by atoms with Gasteiger partial charge in [0.2, 0.25) is 5.78 Å². The van der Waals surface area contributed by atoms with E-state index in [1.165, 1.54) is 18.8 Å². The van der Waals surface area contributed by atoms with Gasteiger partial charge < -0.3 is 29.0 Å². The molecule has 3 N–H and O–H groups in total. The first-order valence-electron chi connectivity index (χ1n) is 11.3. The zero-order valence-electron chi connectivity index (χ0n) is 19.2. The van der Waals surface area contributed by atoms with E-state index >= 15 is 0 Å². The van der Waals surface area contributed by atoms with E-state index in [-0.39, 0.29) is 17.7 Å². The highest BCUT2D eigenvalue weighted by Gasteiger charge is 2.42. The molecule has 0 aromatic carbocycles. The molecule has 35 heavy (non-hydrogen) atoms. The van der Waals surface area contributed by atoms with Gasteiger partial charge in [0.25, 0.3) is 0 Å². The average Bonchev–Trinajstić information content (AvgIpc) is 3.65. The maximum atomic E-state index is 13.7. The van der Waals surface area contributed by atoms with Crippen LogP contribution in [-0.4, -0.2) is 40.1 Å². The Hall–Kier alpha value is -4.11. The minimum atomic E-state index is -1.06. The van der Waals surface area contributed by atoms with Crippen molar-refractivity contribution in [2.24, 2.45) is 5.73 Å². The highest BCUT2D eigenvalue weighted by atomic mass is 16.4. The van der Waals surface area contributed by atoms with Crippen LogP contribution in [0.15, 0.2) is 79.7 Å². The molecule has 4 heterocycles. The van der Waals surface area contributed by atoms with Crippen LogP contribution in [-0.2, 0) is 14.4 Å². The third kappa shape index (κ3) is 5.04. The molecule has 1 aliphatic heterocycles. The van der Waals surface area contributed by atoms with Crippen molar-refractivity contribution < 1.29 is 32.7 Å². The molecule has 0 radical (unpaired) electrons. The van der Waals surface area contributed by atoms with Crippen molar-refractivity contribution in [3.8, 4) is 0 Å². The van der Waals surface area contributed by atoms with E-state index in [0.717, 1.165) is 0 Å². The maximum Gasteiger partial charge on any atom is 0.320 e. The molecule has 182 valence electrons. The van der Waals surface area contributed by atoms with Crippen molar-refractivity contribution in [1.29, 1.82) is 0 Å². The number of carboxylic acids is 1. The highest BCUT2D eigenvalue weighted by Crippen LogP contribution is 2.39. The largest absolute Gasteiger partial charge is 0.480 e. The van der Waals surface area contributed by atoms with Gasteiger partial charge in [0, 0.05) is 12.6 Å². The molecule has 0 amide bonds. The van der Waals surface area contributed by atoms with E-state index in [9.17, 15) is 14.4 Å². The lowest BCUT2D eigenvalue weighted by atomic mass is 9.93. The van der Waals surface area contributed by atoms with E-state index in [4.69, 9.17) is 24.1 Å². The molecule has 4 rings (SSSR count). The van der Waals surface area contributed by atoms with Gasteiger partial charge in [-0.05, 0) is 62.6 Å². The molecule has 3 aromatic heterocycles. The first-order chi connectivity index (χ1) is 16.9. The van der Waals surface area contributed by atoms with Crippen LogP contribution in [0.25, 0.3) is 11.8 Å². The second kappa shape index (κ2) is 10.4. The first kappa shape index (κ1) is 24.0. The average molecular weight is 479 g/mol. The van der Waals surface area contributed by atoms with Crippen LogP contribution in [0.1, 0.15) is 49.4 Å². The normalized spacial score (nSPS) is 16.8. The van der Waals surface area contributed by atoms with E-state index < -0.39 is 29.5 Å². The van der Waals surface area contributed by atoms with Gasteiger partial charge in [-0.2, -0.15) is 0 Å². The number of nitrogens with two attached hydrogens (primary N) is 1. The molecule has 3 aromatic rings. The summed E-state index contributed by atoms with van der Waals surface area (Å²) in [6.07, 6.45) is 7.38. The quantitative estimate of drug-likeness (QED) is 0.237. The van der Waals surface area contributed by atoms with Gasteiger partial charge in [0.15, 0.2) is 11.5 Å². The smallest absolute Gasteiger partial charge is 0.320 e. The monoisotopic (exact) mass is 478 g/mol. The molecule has 0 spiro atoms. The van der Waals surface area contributed by atoms with Gasteiger partial charge in [-0.25, -0.2) is 0 Å². The lowest BCUT2D eigenvalue weighted by molar-refractivity contribution is -0.138. The molecule has 9 heteroatoms. The summed E-state index contributed by atoms with van der Waals surface area (Å²) in [7, 11) is 0. The van der Waals surface area contributed by atoms with Crippen LogP contribution < -0.4 is 5.73 Å². The van der Waals surface area contributed by atoms with Crippen molar-refractivity contribution in [3.63, 3.8) is 0 Å². The van der Waals surface area contributed by atoms with E-state index in [2.05, 4.69) is 0 Å². The van der Waals surface area contributed by atoms with Crippen molar-refractivity contribution in [3.05, 3.63) is 83.7 Å². The van der Waals surface area contributed by atoms with Crippen molar-refractivity contribution >= 4 is 29.3 Å². The fourth-order valence-electron chi connectivity index (χ4n) is 4.04. The van der Waals surface area contributed by atoms with Crippen molar-refractivity contribution in [2.75, 3.05) is 6.54 Å². The molecule has 9 nitrogen and oxygen atoms in total. The molecule has 2 atom stereocenters. The van der Waals surface area contributed by atoms with Crippen LogP contribution in [0.2, 0.25) is 0 Å². The van der Waals surface area contributed by atoms with Gasteiger partial charge in [0.1, 0.15) is 17.6 Å². The highest BCUT2D eigenvalue weighted by molar-refractivity contribution is 6.34. The molecule has 1 aliphatic rings. The number of Topliss-reactive ketones (excluding diaryl/α,β-unsaturated/α-hetero) is 2. The zero-order valence-corrected chi connectivity index (χ0v) is 19.2. The minimum Gasteiger partial charge on any atom is -0.480 e. The lowest BCUT2D eigenvalue weighted by Gasteiger charge is -2.22. The number of hydrogen-bond acceptors (Lipinski definition) is 8. The van der Waals surface area contributed by atoms with E-state index in [1.54, 1.807) is 54.3 Å². The number of aliphatic carboxylic acids is 1. The Morgan fingerprint density at radius 2 is 1.77 bits per heavy atom. The topological polar surface area (TPSA) is 140 Å². The second-order valence-corrected chi connectivity index (χ2v) is 8.27. The minimum absolute atomic E-state index is 0.00361. The van der Waals surface area contributed by atoms with Crippen molar-refractivity contribution in [1.82, 2.24) is 4.90 Å². The van der Waals surface area contributed by atoms with Crippen LogP contribution in [0.3, 0.4) is 0 Å². The second-order valence-electron chi connectivity index (χ2n) is 8.27. The number of rotatable bonds is 11. The number of hydrogen-bond donors (Lipinski definition) is 2. The summed E-state index contributed by atoms with van der Waals surface area (Å²) in [6.45, 7) is 2.03. The van der Waals surface area contributed by atoms with Crippen molar-refractivity contribution in [2.45, 2.75) is 38.1 Å². The third-order valence-electron chi connectivity index (χ3n) is 5.91. The summed E-state index contributed by atoms with van der Waals surface area (Å²) >= 11 is 0. The predicted molar refractivity (Wildman–Crippen MR) is 126 cm³/mol. The number of carbonyl (C=O) groups excluding carboxylic acids is 2. The summed E-state index contributed by atoms with van der Waals surface area (Å²) in [6, 6.07) is 9.21. The van der Waals surface area contributed by atoms with E-state index in [1.807, 2.05) is 0 Å².